The molecule has 7 heteroatoms. The molecule has 1 saturated carbocycles. The molecule has 1 aliphatic rings. The molecule has 0 aromatic heterocycles. The molecule has 0 aromatic carbocycles. The van der Waals surface area contributed by atoms with E-state index in [1.54, 1.807) is 0 Å². The standard InChI is InChI=1S/C12H22N2O5/c1-19-8-5-10(11(16)17)13-12(18)14(6-7-15)9-3-2-4-9/h9-10,15H,2-8H2,1H3,(H,13,18)(H,16,17). The van der Waals surface area contributed by atoms with Crippen LogP contribution in [0.4, 0.5) is 4.79 Å². The van der Waals surface area contributed by atoms with Crippen LogP contribution < -0.4 is 5.32 Å². The topological polar surface area (TPSA) is 99.1 Å². The van der Waals surface area contributed by atoms with Gasteiger partial charge in [0.1, 0.15) is 6.04 Å². The molecule has 0 heterocycles. The first-order valence-electron chi connectivity index (χ1n) is 6.50. The molecule has 1 aliphatic carbocycles. The maximum absolute atomic E-state index is 12.0. The Bertz CT molecular complexity index is 306. The number of carboxylic acid groups (broad SMARTS) is 1. The van der Waals surface area contributed by atoms with Crippen LogP contribution in [0.5, 0.6) is 0 Å². The Hall–Kier alpha value is -1.34. The van der Waals surface area contributed by atoms with Gasteiger partial charge in [-0.1, -0.05) is 0 Å². The van der Waals surface area contributed by atoms with Gasteiger partial charge in [-0.3, -0.25) is 0 Å². The average molecular weight is 274 g/mol. The molecule has 0 spiro atoms. The molecule has 19 heavy (non-hydrogen) atoms. The van der Waals surface area contributed by atoms with Crippen molar-refractivity contribution in [3.8, 4) is 0 Å². The minimum atomic E-state index is -1.08. The van der Waals surface area contributed by atoms with Crippen molar-refractivity contribution in [1.82, 2.24) is 10.2 Å². The number of carboxylic acids is 1. The predicted molar refractivity (Wildman–Crippen MR) is 67.9 cm³/mol. The summed E-state index contributed by atoms with van der Waals surface area (Å²) in [6.07, 6.45) is 3.09. The summed E-state index contributed by atoms with van der Waals surface area (Å²) in [5.41, 5.74) is 0. The van der Waals surface area contributed by atoms with Crippen LogP contribution in [0.25, 0.3) is 0 Å². The second kappa shape index (κ2) is 7.96. The van der Waals surface area contributed by atoms with Crippen molar-refractivity contribution in [3.63, 3.8) is 0 Å². The molecular formula is C12H22N2O5. The fourth-order valence-corrected chi connectivity index (χ4v) is 1.98. The van der Waals surface area contributed by atoms with Gasteiger partial charge in [0.15, 0.2) is 0 Å². The monoisotopic (exact) mass is 274 g/mol. The maximum atomic E-state index is 12.0. The largest absolute Gasteiger partial charge is 0.480 e. The summed E-state index contributed by atoms with van der Waals surface area (Å²) in [7, 11) is 1.48. The Kier molecular flexibility index (Phi) is 6.58. The van der Waals surface area contributed by atoms with Gasteiger partial charge in [-0.2, -0.15) is 0 Å². The Morgan fingerprint density at radius 1 is 1.47 bits per heavy atom. The van der Waals surface area contributed by atoms with Crippen molar-refractivity contribution < 1.29 is 24.5 Å². The van der Waals surface area contributed by atoms with Crippen molar-refractivity contribution in [2.24, 2.45) is 0 Å². The normalized spacial score (nSPS) is 16.5. The van der Waals surface area contributed by atoms with E-state index in [4.69, 9.17) is 14.9 Å². The number of urea groups is 1. The second-order valence-corrected chi connectivity index (χ2v) is 4.62. The first kappa shape index (κ1) is 15.7. The molecule has 3 N–H and O–H groups in total. The van der Waals surface area contributed by atoms with E-state index in [0.29, 0.717) is 0 Å². The van der Waals surface area contributed by atoms with Gasteiger partial charge < -0.3 is 25.2 Å². The molecule has 0 aliphatic heterocycles. The fraction of sp³-hybridized carbons (Fsp3) is 0.833. The van der Waals surface area contributed by atoms with Crippen LogP contribution in [-0.2, 0) is 9.53 Å². The van der Waals surface area contributed by atoms with Crippen LogP contribution in [0.15, 0.2) is 0 Å². The zero-order valence-corrected chi connectivity index (χ0v) is 11.2. The van der Waals surface area contributed by atoms with Crippen molar-refractivity contribution in [3.05, 3.63) is 0 Å². The van der Waals surface area contributed by atoms with E-state index in [2.05, 4.69) is 5.32 Å². The lowest BCUT2D eigenvalue weighted by Crippen LogP contribution is -2.54. The van der Waals surface area contributed by atoms with Crippen LogP contribution in [0, 0.1) is 0 Å². The van der Waals surface area contributed by atoms with Gasteiger partial charge in [0, 0.05) is 32.7 Å². The highest BCUT2D eigenvalue weighted by molar-refractivity contribution is 5.82. The molecule has 0 radical (unpaired) electrons. The molecule has 7 nitrogen and oxygen atoms in total. The SMILES string of the molecule is COCCC(NC(=O)N(CCO)C1CCC1)C(=O)O. The van der Waals surface area contributed by atoms with E-state index >= 15 is 0 Å². The number of ether oxygens (including phenoxy) is 1. The Morgan fingerprint density at radius 2 is 2.16 bits per heavy atom. The number of nitrogens with zero attached hydrogens (tertiary/aromatic N) is 1. The molecule has 1 atom stereocenters. The van der Waals surface area contributed by atoms with Crippen molar-refractivity contribution in [2.45, 2.75) is 37.8 Å². The van der Waals surface area contributed by atoms with E-state index in [1.165, 1.54) is 12.0 Å². The lowest BCUT2D eigenvalue weighted by atomic mass is 9.91. The van der Waals surface area contributed by atoms with Crippen molar-refractivity contribution in [2.75, 3.05) is 26.9 Å². The third kappa shape index (κ3) is 4.68. The summed E-state index contributed by atoms with van der Waals surface area (Å²) in [4.78, 5) is 24.6. The molecule has 1 unspecified atom stereocenters. The molecule has 0 aromatic rings. The number of amides is 2. The van der Waals surface area contributed by atoms with E-state index in [0.717, 1.165) is 19.3 Å². The van der Waals surface area contributed by atoms with E-state index in [1.807, 2.05) is 0 Å². The number of carbonyl (C=O) groups is 2. The van der Waals surface area contributed by atoms with Gasteiger partial charge in [0.25, 0.3) is 0 Å². The molecule has 110 valence electrons. The number of hydrogen-bond acceptors (Lipinski definition) is 4. The number of methoxy groups -OCH3 is 1. The quantitative estimate of drug-likeness (QED) is 0.580. The third-order valence-electron chi connectivity index (χ3n) is 3.32. The van der Waals surface area contributed by atoms with Gasteiger partial charge in [0.2, 0.25) is 0 Å². The summed E-state index contributed by atoms with van der Waals surface area (Å²) in [6, 6.07) is -1.28. The number of aliphatic hydroxyl groups excluding tert-OH is 1. The summed E-state index contributed by atoms with van der Waals surface area (Å²) >= 11 is 0. The van der Waals surface area contributed by atoms with Gasteiger partial charge in [-0.15, -0.1) is 0 Å². The van der Waals surface area contributed by atoms with E-state index in [9.17, 15) is 9.59 Å². The van der Waals surface area contributed by atoms with Gasteiger partial charge in [-0.05, 0) is 19.3 Å². The number of hydrogen-bond donors (Lipinski definition) is 3. The maximum Gasteiger partial charge on any atom is 0.326 e. The highest BCUT2D eigenvalue weighted by Gasteiger charge is 2.30. The lowest BCUT2D eigenvalue weighted by Gasteiger charge is -2.37. The Morgan fingerprint density at radius 3 is 2.58 bits per heavy atom. The van der Waals surface area contributed by atoms with Gasteiger partial charge in [0.05, 0.1) is 6.61 Å². The van der Waals surface area contributed by atoms with Crippen LogP contribution in [0.1, 0.15) is 25.7 Å². The summed E-state index contributed by atoms with van der Waals surface area (Å²) in [6.45, 7) is 0.369. The minimum absolute atomic E-state index is 0.115. The van der Waals surface area contributed by atoms with Gasteiger partial charge >= 0.3 is 12.0 Å². The zero-order valence-electron chi connectivity index (χ0n) is 11.2. The number of carbonyl (C=O) groups excluding carboxylic acids is 1. The number of rotatable bonds is 8. The van der Waals surface area contributed by atoms with Crippen molar-refractivity contribution >= 4 is 12.0 Å². The molecule has 0 bridgehead atoms. The smallest absolute Gasteiger partial charge is 0.326 e. The summed E-state index contributed by atoms with van der Waals surface area (Å²) in [5, 5.41) is 20.5. The number of nitrogens with one attached hydrogen (secondary N) is 1. The Labute approximate surface area is 112 Å². The lowest BCUT2D eigenvalue weighted by molar-refractivity contribution is -0.139. The Balaban J connectivity index is 2.54. The van der Waals surface area contributed by atoms with E-state index in [-0.39, 0.29) is 32.2 Å². The fourth-order valence-electron chi connectivity index (χ4n) is 1.98. The minimum Gasteiger partial charge on any atom is -0.480 e. The molecular weight excluding hydrogens is 252 g/mol. The number of aliphatic carboxylic acids is 1. The van der Waals surface area contributed by atoms with Crippen LogP contribution in [0.2, 0.25) is 0 Å². The van der Waals surface area contributed by atoms with Crippen LogP contribution >= 0.6 is 0 Å². The first-order valence-corrected chi connectivity index (χ1v) is 6.50. The first-order chi connectivity index (χ1) is 9.10. The highest BCUT2D eigenvalue weighted by Crippen LogP contribution is 2.24. The van der Waals surface area contributed by atoms with E-state index < -0.39 is 18.0 Å². The number of aliphatic hydroxyl groups is 1. The molecule has 1 fully saturated rings. The zero-order chi connectivity index (χ0) is 14.3. The molecule has 0 saturated heterocycles. The highest BCUT2D eigenvalue weighted by atomic mass is 16.5. The van der Waals surface area contributed by atoms with Crippen molar-refractivity contribution in [1.29, 1.82) is 0 Å². The van der Waals surface area contributed by atoms with Gasteiger partial charge in [-0.25, -0.2) is 9.59 Å². The summed E-state index contributed by atoms with van der Waals surface area (Å²) < 4.78 is 4.82. The molecule has 2 amide bonds. The summed E-state index contributed by atoms with van der Waals surface area (Å²) in [5.74, 6) is -1.08. The predicted octanol–water partition coefficient (Wildman–Crippen LogP) is 0.0325. The second-order valence-electron chi connectivity index (χ2n) is 4.62. The van der Waals surface area contributed by atoms with Crippen LogP contribution in [0.3, 0.4) is 0 Å². The average Bonchev–Trinajstić information content (AvgIpc) is 2.31. The van der Waals surface area contributed by atoms with Crippen LogP contribution in [-0.4, -0.2) is 66.1 Å². The molecule has 1 rings (SSSR count). The third-order valence-corrected chi connectivity index (χ3v) is 3.32.